The Morgan fingerprint density at radius 1 is 1.35 bits per heavy atom. The van der Waals surface area contributed by atoms with Crippen LogP contribution in [0.15, 0.2) is 28.6 Å². The van der Waals surface area contributed by atoms with Gasteiger partial charge in [0.25, 0.3) is 0 Å². The molecule has 2 N–H and O–H groups in total. The topological polar surface area (TPSA) is 76.1 Å². The van der Waals surface area contributed by atoms with Gasteiger partial charge in [-0.25, -0.2) is 0 Å². The molecule has 0 saturated carbocycles. The lowest BCUT2D eigenvalue weighted by Gasteiger charge is -2.08. The Hall–Kier alpha value is -1.80. The number of nitrogens with one attached hydrogen (secondary N) is 2. The molecule has 6 nitrogen and oxygen atoms in total. The van der Waals surface area contributed by atoms with Crippen molar-refractivity contribution in [3.05, 3.63) is 24.3 Å². The number of thioether (sulfide) groups is 1. The van der Waals surface area contributed by atoms with Crippen molar-refractivity contribution in [2.24, 2.45) is 0 Å². The van der Waals surface area contributed by atoms with Gasteiger partial charge in [0, 0.05) is 12.2 Å². The van der Waals surface area contributed by atoms with Gasteiger partial charge in [-0.2, -0.15) is 0 Å². The number of carbonyl (C=O) groups is 1. The summed E-state index contributed by atoms with van der Waals surface area (Å²) in [7, 11) is 1.63. The zero-order chi connectivity index (χ0) is 16.7. The second kappa shape index (κ2) is 8.73. The van der Waals surface area contributed by atoms with Gasteiger partial charge in [-0.05, 0) is 37.6 Å². The summed E-state index contributed by atoms with van der Waals surface area (Å²) in [5, 5.41) is 14.8. The van der Waals surface area contributed by atoms with E-state index < -0.39 is 0 Å². The summed E-state index contributed by atoms with van der Waals surface area (Å²) in [6.45, 7) is 4.59. The third-order valence-electron chi connectivity index (χ3n) is 2.94. The number of anilines is 2. The van der Waals surface area contributed by atoms with Crippen LogP contribution in [-0.4, -0.2) is 35.0 Å². The number of methoxy groups -OCH3 is 1. The van der Waals surface area contributed by atoms with Crippen molar-refractivity contribution in [1.29, 1.82) is 0 Å². The molecule has 0 unspecified atom stereocenters. The van der Waals surface area contributed by atoms with Crippen LogP contribution in [-0.2, 0) is 4.79 Å². The van der Waals surface area contributed by atoms with Crippen molar-refractivity contribution < 1.29 is 9.53 Å². The Balaban J connectivity index is 1.90. The van der Waals surface area contributed by atoms with Gasteiger partial charge >= 0.3 is 0 Å². The lowest BCUT2D eigenvalue weighted by molar-refractivity contribution is -0.120. The standard InChI is InChI=1S/C15H20N4O2S2/c1-4-9-16-13(20)10(2)22-15-19-18-14(23-15)17-11-5-7-12(21-3)8-6-11/h5-8,10H,4,9H2,1-3H3,(H,16,20)(H,17,18)/t10-/m1/s1. The quantitative estimate of drug-likeness (QED) is 0.710. The smallest absolute Gasteiger partial charge is 0.233 e. The first-order chi connectivity index (χ1) is 11.1. The molecule has 1 aromatic carbocycles. The fourth-order valence-electron chi connectivity index (χ4n) is 1.70. The van der Waals surface area contributed by atoms with E-state index in [0.717, 1.165) is 22.2 Å². The summed E-state index contributed by atoms with van der Waals surface area (Å²) in [5.41, 5.74) is 0.909. The predicted molar refractivity (Wildman–Crippen MR) is 94.8 cm³/mol. The zero-order valence-corrected chi connectivity index (χ0v) is 15.0. The summed E-state index contributed by atoms with van der Waals surface area (Å²) in [4.78, 5) is 11.9. The Kier molecular flexibility index (Phi) is 6.66. The minimum Gasteiger partial charge on any atom is -0.497 e. The van der Waals surface area contributed by atoms with Crippen LogP contribution in [0.4, 0.5) is 10.8 Å². The van der Waals surface area contributed by atoms with E-state index >= 15 is 0 Å². The molecule has 1 aromatic heterocycles. The highest BCUT2D eigenvalue weighted by Crippen LogP contribution is 2.30. The average Bonchev–Trinajstić information content (AvgIpc) is 3.00. The molecule has 1 amide bonds. The lowest BCUT2D eigenvalue weighted by atomic mass is 10.3. The number of ether oxygens (including phenoxy) is 1. The van der Waals surface area contributed by atoms with Gasteiger partial charge in [0.2, 0.25) is 11.0 Å². The molecular weight excluding hydrogens is 332 g/mol. The average molecular weight is 352 g/mol. The molecule has 23 heavy (non-hydrogen) atoms. The van der Waals surface area contributed by atoms with Crippen molar-refractivity contribution in [2.45, 2.75) is 29.9 Å². The SMILES string of the molecule is CCCNC(=O)[C@@H](C)Sc1nnc(Nc2ccc(OC)cc2)s1. The number of hydrogen-bond donors (Lipinski definition) is 2. The summed E-state index contributed by atoms with van der Waals surface area (Å²) >= 11 is 2.84. The molecule has 0 aliphatic rings. The molecular formula is C15H20N4O2S2. The Labute approximate surface area is 144 Å². The Morgan fingerprint density at radius 3 is 2.74 bits per heavy atom. The van der Waals surface area contributed by atoms with E-state index in [2.05, 4.69) is 20.8 Å². The van der Waals surface area contributed by atoms with Crippen LogP contribution in [0.1, 0.15) is 20.3 Å². The summed E-state index contributed by atoms with van der Waals surface area (Å²) in [6, 6.07) is 7.57. The fraction of sp³-hybridized carbons (Fsp3) is 0.400. The third kappa shape index (κ3) is 5.40. The maximum atomic E-state index is 11.9. The second-order valence-corrected chi connectivity index (χ2v) is 7.34. The molecule has 124 valence electrons. The number of carbonyl (C=O) groups excluding carboxylic acids is 1. The van der Waals surface area contributed by atoms with Crippen LogP contribution in [0.5, 0.6) is 5.75 Å². The molecule has 0 spiro atoms. The van der Waals surface area contributed by atoms with Gasteiger partial charge < -0.3 is 15.4 Å². The summed E-state index contributed by atoms with van der Waals surface area (Å²) in [5.74, 6) is 0.827. The van der Waals surface area contributed by atoms with Gasteiger partial charge in [-0.15, -0.1) is 10.2 Å². The minimum atomic E-state index is -0.191. The number of hydrogen-bond acceptors (Lipinski definition) is 7. The molecule has 1 heterocycles. The highest BCUT2D eigenvalue weighted by molar-refractivity contribution is 8.02. The largest absolute Gasteiger partial charge is 0.497 e. The van der Waals surface area contributed by atoms with Crippen molar-refractivity contribution in [2.75, 3.05) is 19.0 Å². The first-order valence-electron chi connectivity index (χ1n) is 7.31. The van der Waals surface area contributed by atoms with E-state index in [9.17, 15) is 4.79 Å². The monoisotopic (exact) mass is 352 g/mol. The van der Waals surface area contributed by atoms with Gasteiger partial charge in [0.15, 0.2) is 4.34 Å². The van der Waals surface area contributed by atoms with Crippen LogP contribution >= 0.6 is 23.1 Å². The predicted octanol–water partition coefficient (Wildman–Crippen LogP) is 3.30. The summed E-state index contributed by atoms with van der Waals surface area (Å²) < 4.78 is 5.89. The normalized spacial score (nSPS) is 11.8. The van der Waals surface area contributed by atoms with Crippen LogP contribution in [0.25, 0.3) is 0 Å². The first-order valence-corrected chi connectivity index (χ1v) is 9.01. The number of aromatic nitrogens is 2. The third-order valence-corrected chi connectivity index (χ3v) is 4.97. The second-order valence-electron chi connectivity index (χ2n) is 4.78. The number of benzene rings is 1. The molecule has 0 radical (unpaired) electrons. The van der Waals surface area contributed by atoms with E-state index in [1.807, 2.05) is 38.1 Å². The Morgan fingerprint density at radius 2 is 2.09 bits per heavy atom. The zero-order valence-electron chi connectivity index (χ0n) is 13.3. The van der Waals surface area contributed by atoms with E-state index in [1.54, 1.807) is 7.11 Å². The van der Waals surface area contributed by atoms with E-state index in [1.165, 1.54) is 23.1 Å². The van der Waals surface area contributed by atoms with E-state index in [0.29, 0.717) is 11.7 Å². The molecule has 0 fully saturated rings. The fourth-order valence-corrected chi connectivity index (χ4v) is 3.64. The van der Waals surface area contributed by atoms with Gasteiger partial charge in [-0.1, -0.05) is 30.0 Å². The number of rotatable bonds is 8. The van der Waals surface area contributed by atoms with E-state index in [-0.39, 0.29) is 11.2 Å². The van der Waals surface area contributed by atoms with Crippen LogP contribution in [0.3, 0.4) is 0 Å². The number of amides is 1. The number of nitrogens with zero attached hydrogens (tertiary/aromatic N) is 2. The van der Waals surface area contributed by atoms with Crippen molar-refractivity contribution >= 4 is 39.8 Å². The minimum absolute atomic E-state index is 0.0247. The van der Waals surface area contributed by atoms with Crippen LogP contribution < -0.4 is 15.4 Å². The molecule has 0 aliphatic heterocycles. The van der Waals surface area contributed by atoms with E-state index in [4.69, 9.17) is 4.74 Å². The van der Waals surface area contributed by atoms with Gasteiger partial charge in [0.1, 0.15) is 5.75 Å². The molecule has 2 rings (SSSR count). The van der Waals surface area contributed by atoms with Gasteiger partial charge in [0.05, 0.1) is 12.4 Å². The highest BCUT2D eigenvalue weighted by Gasteiger charge is 2.16. The van der Waals surface area contributed by atoms with Crippen LogP contribution in [0, 0.1) is 0 Å². The first kappa shape index (κ1) is 17.6. The maximum Gasteiger partial charge on any atom is 0.233 e. The molecule has 2 aromatic rings. The molecule has 0 bridgehead atoms. The summed E-state index contributed by atoms with van der Waals surface area (Å²) in [6.07, 6.45) is 0.928. The maximum absolute atomic E-state index is 11.9. The Bertz CT molecular complexity index is 631. The van der Waals surface area contributed by atoms with Crippen LogP contribution in [0.2, 0.25) is 0 Å². The lowest BCUT2D eigenvalue weighted by Crippen LogP contribution is -2.31. The van der Waals surface area contributed by atoms with Crippen molar-refractivity contribution in [3.8, 4) is 5.75 Å². The molecule has 8 heteroatoms. The molecule has 0 aliphatic carbocycles. The van der Waals surface area contributed by atoms with Crippen molar-refractivity contribution in [3.63, 3.8) is 0 Å². The molecule has 1 atom stereocenters. The van der Waals surface area contributed by atoms with Gasteiger partial charge in [-0.3, -0.25) is 4.79 Å². The van der Waals surface area contributed by atoms with Crippen molar-refractivity contribution in [1.82, 2.24) is 15.5 Å². The highest BCUT2D eigenvalue weighted by atomic mass is 32.2. The molecule has 0 saturated heterocycles.